The molecule has 0 radical (unpaired) electrons. The van der Waals surface area contributed by atoms with Crippen molar-refractivity contribution in [2.24, 2.45) is 5.92 Å². The molecule has 0 aliphatic carbocycles. The number of nitrogens with zero attached hydrogens (tertiary/aromatic N) is 1. The third-order valence-corrected chi connectivity index (χ3v) is 3.66. The number of likely N-dealkylation sites (tertiary alicyclic amines) is 1. The lowest BCUT2D eigenvalue weighted by Crippen LogP contribution is -2.45. The molecule has 1 aromatic rings. The van der Waals surface area contributed by atoms with Crippen molar-refractivity contribution in [2.45, 2.75) is 39.2 Å². The number of para-hydroxylation sites is 2. The molecule has 1 aliphatic rings. The number of rotatable bonds is 2. The zero-order chi connectivity index (χ0) is 17.0. The van der Waals surface area contributed by atoms with Crippen molar-refractivity contribution >= 4 is 23.4 Å². The van der Waals surface area contributed by atoms with Crippen molar-refractivity contribution < 1.29 is 14.3 Å². The first-order valence-electron chi connectivity index (χ1n) is 7.89. The van der Waals surface area contributed by atoms with Gasteiger partial charge in [0.05, 0.1) is 17.3 Å². The number of nitrogen functional groups attached to an aromatic ring is 1. The maximum absolute atomic E-state index is 12.4. The Morgan fingerprint density at radius 1 is 1.30 bits per heavy atom. The van der Waals surface area contributed by atoms with Crippen LogP contribution in [-0.2, 0) is 9.53 Å². The highest BCUT2D eigenvalue weighted by atomic mass is 16.6. The van der Waals surface area contributed by atoms with Crippen LogP contribution in [0.3, 0.4) is 0 Å². The van der Waals surface area contributed by atoms with E-state index in [0.29, 0.717) is 24.5 Å². The number of anilines is 2. The van der Waals surface area contributed by atoms with E-state index in [0.717, 1.165) is 12.8 Å². The van der Waals surface area contributed by atoms with Gasteiger partial charge in [0.2, 0.25) is 5.91 Å². The Balaban J connectivity index is 1.96. The van der Waals surface area contributed by atoms with Crippen LogP contribution in [0.15, 0.2) is 24.3 Å². The number of ether oxygens (including phenoxy) is 1. The number of hydrogen-bond acceptors (Lipinski definition) is 4. The average Bonchev–Trinajstić information content (AvgIpc) is 2.48. The van der Waals surface area contributed by atoms with Gasteiger partial charge >= 0.3 is 6.09 Å². The second kappa shape index (κ2) is 6.89. The van der Waals surface area contributed by atoms with E-state index in [4.69, 9.17) is 10.5 Å². The first-order valence-corrected chi connectivity index (χ1v) is 7.89. The minimum absolute atomic E-state index is 0.115. The Morgan fingerprint density at radius 3 is 2.65 bits per heavy atom. The van der Waals surface area contributed by atoms with Gasteiger partial charge in [-0.2, -0.15) is 0 Å². The number of amides is 2. The van der Waals surface area contributed by atoms with Crippen LogP contribution in [0.1, 0.15) is 33.6 Å². The molecule has 6 nitrogen and oxygen atoms in total. The molecule has 2 amide bonds. The van der Waals surface area contributed by atoms with E-state index >= 15 is 0 Å². The molecule has 1 aliphatic heterocycles. The molecular weight excluding hydrogens is 294 g/mol. The second-order valence-corrected chi connectivity index (χ2v) is 6.84. The van der Waals surface area contributed by atoms with Crippen molar-refractivity contribution in [2.75, 3.05) is 24.1 Å². The van der Waals surface area contributed by atoms with Crippen LogP contribution in [0.4, 0.5) is 16.2 Å². The van der Waals surface area contributed by atoms with Gasteiger partial charge in [0.15, 0.2) is 0 Å². The van der Waals surface area contributed by atoms with Gasteiger partial charge in [-0.3, -0.25) is 4.79 Å². The predicted octanol–water partition coefficient (Wildman–Crippen LogP) is 2.85. The molecule has 23 heavy (non-hydrogen) atoms. The number of nitrogens with two attached hydrogens (primary N) is 1. The molecule has 1 atom stereocenters. The first kappa shape index (κ1) is 17.1. The fourth-order valence-corrected chi connectivity index (χ4v) is 2.53. The number of nitrogens with one attached hydrogen (secondary N) is 1. The molecule has 1 unspecified atom stereocenters. The van der Waals surface area contributed by atoms with E-state index in [2.05, 4.69) is 5.32 Å². The number of carbonyl (C=O) groups excluding carboxylic acids is 2. The van der Waals surface area contributed by atoms with Crippen LogP contribution in [0, 0.1) is 5.92 Å². The van der Waals surface area contributed by atoms with Crippen LogP contribution in [0.5, 0.6) is 0 Å². The maximum Gasteiger partial charge on any atom is 0.410 e. The molecule has 0 spiro atoms. The summed E-state index contributed by atoms with van der Waals surface area (Å²) in [5, 5.41) is 2.84. The summed E-state index contributed by atoms with van der Waals surface area (Å²) in [6, 6.07) is 7.14. The lowest BCUT2D eigenvalue weighted by molar-refractivity contribution is -0.121. The molecular formula is C17H25N3O3. The molecule has 1 heterocycles. The van der Waals surface area contributed by atoms with Gasteiger partial charge in [-0.1, -0.05) is 12.1 Å². The van der Waals surface area contributed by atoms with Crippen molar-refractivity contribution in [3.05, 3.63) is 24.3 Å². The fraction of sp³-hybridized carbons (Fsp3) is 0.529. The van der Waals surface area contributed by atoms with E-state index in [9.17, 15) is 9.59 Å². The zero-order valence-corrected chi connectivity index (χ0v) is 14.0. The molecule has 0 bridgehead atoms. The third-order valence-electron chi connectivity index (χ3n) is 3.66. The monoisotopic (exact) mass is 319 g/mol. The molecule has 6 heteroatoms. The molecule has 3 N–H and O–H groups in total. The Kier molecular flexibility index (Phi) is 5.13. The van der Waals surface area contributed by atoms with E-state index in [-0.39, 0.29) is 17.9 Å². The van der Waals surface area contributed by atoms with E-state index in [1.807, 2.05) is 32.9 Å². The number of benzene rings is 1. The van der Waals surface area contributed by atoms with Gasteiger partial charge < -0.3 is 20.7 Å². The number of piperidine rings is 1. The minimum Gasteiger partial charge on any atom is -0.444 e. The second-order valence-electron chi connectivity index (χ2n) is 6.84. The van der Waals surface area contributed by atoms with Crippen LogP contribution in [0.2, 0.25) is 0 Å². The van der Waals surface area contributed by atoms with Crippen molar-refractivity contribution in [3.63, 3.8) is 0 Å². The van der Waals surface area contributed by atoms with Gasteiger partial charge in [-0.15, -0.1) is 0 Å². The van der Waals surface area contributed by atoms with Crippen LogP contribution in [-0.4, -0.2) is 35.6 Å². The minimum atomic E-state index is -0.537. The SMILES string of the molecule is CC(C)(C)OC(=O)N1CCCC(C(=O)Nc2ccccc2N)C1. The smallest absolute Gasteiger partial charge is 0.410 e. The molecule has 1 fully saturated rings. The highest BCUT2D eigenvalue weighted by molar-refractivity contribution is 5.95. The summed E-state index contributed by atoms with van der Waals surface area (Å²) in [7, 11) is 0. The van der Waals surface area contributed by atoms with Gasteiger partial charge in [-0.25, -0.2) is 4.79 Å². The highest BCUT2D eigenvalue weighted by Crippen LogP contribution is 2.23. The normalized spacial score (nSPS) is 18.4. The summed E-state index contributed by atoms with van der Waals surface area (Å²) in [5.41, 5.74) is 6.44. The largest absolute Gasteiger partial charge is 0.444 e. The summed E-state index contributed by atoms with van der Waals surface area (Å²) in [4.78, 5) is 26.2. The van der Waals surface area contributed by atoms with Gasteiger partial charge in [0, 0.05) is 13.1 Å². The standard InChI is InChI=1S/C17H25N3O3/c1-17(2,3)23-16(22)20-10-6-7-12(11-20)15(21)19-14-9-5-4-8-13(14)18/h4-5,8-9,12H,6-7,10-11,18H2,1-3H3,(H,19,21). The van der Waals surface area contributed by atoms with Gasteiger partial charge in [0.25, 0.3) is 0 Å². The molecule has 2 rings (SSSR count). The molecule has 1 saturated heterocycles. The quantitative estimate of drug-likeness (QED) is 0.821. The van der Waals surface area contributed by atoms with Gasteiger partial charge in [-0.05, 0) is 45.7 Å². The van der Waals surface area contributed by atoms with Gasteiger partial charge in [0.1, 0.15) is 5.60 Å². The lowest BCUT2D eigenvalue weighted by Gasteiger charge is -2.33. The van der Waals surface area contributed by atoms with E-state index in [1.165, 1.54) is 0 Å². The topological polar surface area (TPSA) is 84.7 Å². The third kappa shape index (κ3) is 4.87. The highest BCUT2D eigenvalue weighted by Gasteiger charge is 2.31. The Labute approximate surface area is 137 Å². The molecule has 0 saturated carbocycles. The lowest BCUT2D eigenvalue weighted by atomic mass is 9.97. The summed E-state index contributed by atoms with van der Waals surface area (Å²) in [5.74, 6) is -0.368. The summed E-state index contributed by atoms with van der Waals surface area (Å²) in [6.45, 7) is 6.48. The zero-order valence-electron chi connectivity index (χ0n) is 14.0. The Hall–Kier alpha value is -2.24. The van der Waals surface area contributed by atoms with Crippen LogP contribution < -0.4 is 11.1 Å². The van der Waals surface area contributed by atoms with Crippen LogP contribution >= 0.6 is 0 Å². The maximum atomic E-state index is 12.4. The predicted molar refractivity (Wildman–Crippen MR) is 90.0 cm³/mol. The summed E-state index contributed by atoms with van der Waals surface area (Å²) < 4.78 is 5.38. The summed E-state index contributed by atoms with van der Waals surface area (Å²) in [6.07, 6.45) is 1.16. The van der Waals surface area contributed by atoms with Crippen molar-refractivity contribution in [3.8, 4) is 0 Å². The summed E-state index contributed by atoms with van der Waals surface area (Å²) >= 11 is 0. The molecule has 0 aromatic heterocycles. The average molecular weight is 319 g/mol. The van der Waals surface area contributed by atoms with Crippen molar-refractivity contribution in [1.29, 1.82) is 0 Å². The molecule has 126 valence electrons. The fourth-order valence-electron chi connectivity index (χ4n) is 2.53. The Morgan fingerprint density at radius 2 is 2.00 bits per heavy atom. The number of hydrogen-bond donors (Lipinski definition) is 2. The Bertz CT molecular complexity index is 581. The number of carbonyl (C=O) groups is 2. The van der Waals surface area contributed by atoms with E-state index in [1.54, 1.807) is 17.0 Å². The van der Waals surface area contributed by atoms with Crippen molar-refractivity contribution in [1.82, 2.24) is 4.90 Å². The first-order chi connectivity index (χ1) is 10.8. The van der Waals surface area contributed by atoms with Crippen LogP contribution in [0.25, 0.3) is 0 Å². The molecule has 1 aromatic carbocycles. The van der Waals surface area contributed by atoms with E-state index < -0.39 is 5.60 Å².